The lowest BCUT2D eigenvalue weighted by atomic mass is 10.3. The summed E-state index contributed by atoms with van der Waals surface area (Å²) in [4.78, 5) is 31.7. The molecular formula is C9H8ClN3O5. The van der Waals surface area contributed by atoms with Crippen molar-refractivity contribution in [2.24, 2.45) is 5.29 Å². The number of nitro groups is 1. The first-order valence-electron chi connectivity index (χ1n) is 4.72. The maximum Gasteiger partial charge on any atom is 0.438 e. The molecule has 9 heteroatoms. The Kier molecular flexibility index (Phi) is 5.00. The predicted molar refractivity (Wildman–Crippen MR) is 62.3 cm³/mol. The van der Waals surface area contributed by atoms with Crippen molar-refractivity contribution in [3.8, 4) is 5.75 Å². The molecule has 0 saturated heterocycles. The van der Waals surface area contributed by atoms with Gasteiger partial charge in [0.2, 0.25) is 5.75 Å². The highest BCUT2D eigenvalue weighted by molar-refractivity contribution is 6.18. The van der Waals surface area contributed by atoms with Crippen LogP contribution in [0.25, 0.3) is 0 Å². The van der Waals surface area contributed by atoms with Gasteiger partial charge in [-0.2, -0.15) is 5.01 Å². The quantitative estimate of drug-likeness (QED) is 0.354. The van der Waals surface area contributed by atoms with Crippen molar-refractivity contribution < 1.29 is 14.5 Å². The van der Waals surface area contributed by atoms with Gasteiger partial charge in [-0.05, 0) is 6.07 Å². The van der Waals surface area contributed by atoms with Crippen molar-refractivity contribution >= 4 is 23.4 Å². The van der Waals surface area contributed by atoms with Crippen LogP contribution in [0.4, 0.5) is 10.5 Å². The molecular weight excluding hydrogens is 266 g/mol. The average molecular weight is 274 g/mol. The largest absolute Gasteiger partial charge is 0.438 e. The number of nitro benzene ring substituents is 1. The smallest absolute Gasteiger partial charge is 0.401 e. The fourth-order valence-corrected chi connectivity index (χ4v) is 1.25. The van der Waals surface area contributed by atoms with Gasteiger partial charge in [0, 0.05) is 11.9 Å². The fourth-order valence-electron chi connectivity index (χ4n) is 1.09. The molecule has 0 radical (unpaired) electrons. The molecule has 96 valence electrons. The molecule has 0 aliphatic carbocycles. The Balaban J connectivity index is 2.87. The van der Waals surface area contributed by atoms with E-state index in [1.807, 2.05) is 0 Å². The Labute approximate surface area is 106 Å². The van der Waals surface area contributed by atoms with E-state index in [0.29, 0.717) is 5.01 Å². The Bertz CT molecular complexity index is 467. The van der Waals surface area contributed by atoms with E-state index in [9.17, 15) is 19.8 Å². The van der Waals surface area contributed by atoms with Crippen molar-refractivity contribution in [3.63, 3.8) is 0 Å². The van der Waals surface area contributed by atoms with E-state index < -0.39 is 11.0 Å². The van der Waals surface area contributed by atoms with Gasteiger partial charge < -0.3 is 4.74 Å². The predicted octanol–water partition coefficient (Wildman–Crippen LogP) is 2.32. The second kappa shape index (κ2) is 6.50. The van der Waals surface area contributed by atoms with E-state index in [4.69, 9.17) is 16.3 Å². The van der Waals surface area contributed by atoms with Gasteiger partial charge in [0.1, 0.15) is 0 Å². The van der Waals surface area contributed by atoms with Gasteiger partial charge in [-0.1, -0.05) is 12.1 Å². The molecule has 1 amide bonds. The zero-order valence-corrected chi connectivity index (χ0v) is 9.74. The van der Waals surface area contributed by atoms with E-state index in [1.54, 1.807) is 0 Å². The zero-order valence-electron chi connectivity index (χ0n) is 8.98. The molecule has 1 aromatic rings. The van der Waals surface area contributed by atoms with Crippen LogP contribution in [0.3, 0.4) is 0 Å². The lowest BCUT2D eigenvalue weighted by Crippen LogP contribution is -2.30. The Morgan fingerprint density at radius 2 is 2.17 bits per heavy atom. The van der Waals surface area contributed by atoms with Crippen molar-refractivity contribution in [2.45, 2.75) is 0 Å². The number of carbonyl (C=O) groups excluding carboxylic acids is 1. The van der Waals surface area contributed by atoms with Crippen LogP contribution in [0.1, 0.15) is 0 Å². The van der Waals surface area contributed by atoms with E-state index in [2.05, 4.69) is 5.29 Å². The maximum atomic E-state index is 11.4. The summed E-state index contributed by atoms with van der Waals surface area (Å²) in [6.45, 7) is -0.148. The molecule has 1 aromatic carbocycles. The summed E-state index contributed by atoms with van der Waals surface area (Å²) in [6.07, 6.45) is -1.13. The summed E-state index contributed by atoms with van der Waals surface area (Å²) >= 11 is 5.35. The van der Waals surface area contributed by atoms with Crippen LogP contribution in [-0.4, -0.2) is 28.5 Å². The summed E-state index contributed by atoms with van der Waals surface area (Å²) in [5, 5.41) is 13.5. The Morgan fingerprint density at radius 1 is 1.50 bits per heavy atom. The number of benzene rings is 1. The molecule has 0 fully saturated rings. The topological polar surface area (TPSA) is 102 Å². The number of carbonyl (C=O) groups is 1. The minimum atomic E-state index is -1.13. The first-order chi connectivity index (χ1) is 8.60. The van der Waals surface area contributed by atoms with Crippen LogP contribution in [0.2, 0.25) is 0 Å². The number of alkyl halides is 1. The third-order valence-electron chi connectivity index (χ3n) is 1.86. The molecule has 0 heterocycles. The van der Waals surface area contributed by atoms with Crippen LogP contribution < -0.4 is 4.74 Å². The highest BCUT2D eigenvalue weighted by atomic mass is 35.5. The number of halogens is 1. The molecule has 0 saturated carbocycles. The van der Waals surface area contributed by atoms with Gasteiger partial charge in [-0.15, -0.1) is 16.5 Å². The average Bonchev–Trinajstić information content (AvgIpc) is 2.36. The first kappa shape index (κ1) is 13.8. The van der Waals surface area contributed by atoms with E-state index in [-0.39, 0.29) is 23.9 Å². The third-order valence-corrected chi connectivity index (χ3v) is 2.03. The Morgan fingerprint density at radius 3 is 2.72 bits per heavy atom. The molecule has 0 unspecified atom stereocenters. The first-order valence-corrected chi connectivity index (χ1v) is 5.25. The summed E-state index contributed by atoms with van der Waals surface area (Å²) < 4.78 is 4.71. The molecule has 1 rings (SSSR count). The maximum absolute atomic E-state index is 11.4. The van der Waals surface area contributed by atoms with Gasteiger partial charge in [-0.3, -0.25) is 10.1 Å². The molecule has 8 nitrogen and oxygen atoms in total. The van der Waals surface area contributed by atoms with Crippen molar-refractivity contribution in [1.82, 2.24) is 5.01 Å². The number of ether oxygens (including phenoxy) is 1. The number of rotatable bonds is 5. The van der Waals surface area contributed by atoms with Crippen LogP contribution in [-0.2, 0) is 0 Å². The lowest BCUT2D eigenvalue weighted by Gasteiger charge is -2.11. The summed E-state index contributed by atoms with van der Waals surface area (Å²) in [6, 6.07) is 5.28. The molecule has 0 spiro atoms. The minimum Gasteiger partial charge on any atom is -0.401 e. The molecule has 0 N–H and O–H groups in total. The molecule has 18 heavy (non-hydrogen) atoms. The summed E-state index contributed by atoms with van der Waals surface area (Å²) in [5.41, 5.74) is -0.387. The van der Waals surface area contributed by atoms with Crippen LogP contribution >= 0.6 is 11.6 Å². The fraction of sp³-hybridized carbons (Fsp3) is 0.222. The molecule has 0 aromatic heterocycles. The van der Waals surface area contributed by atoms with Crippen LogP contribution in [0, 0.1) is 15.0 Å². The normalized spacial score (nSPS) is 9.61. The van der Waals surface area contributed by atoms with Gasteiger partial charge in [0.05, 0.1) is 16.8 Å². The van der Waals surface area contributed by atoms with E-state index >= 15 is 0 Å². The second-order valence-electron chi connectivity index (χ2n) is 2.99. The lowest BCUT2D eigenvalue weighted by molar-refractivity contribution is -0.385. The highest BCUT2D eigenvalue weighted by Gasteiger charge is 2.21. The summed E-state index contributed by atoms with van der Waals surface area (Å²) in [7, 11) is 0. The van der Waals surface area contributed by atoms with Crippen LogP contribution in [0.15, 0.2) is 29.6 Å². The molecule has 0 atom stereocenters. The molecule has 0 aliphatic heterocycles. The second-order valence-corrected chi connectivity index (χ2v) is 3.36. The summed E-state index contributed by atoms with van der Waals surface area (Å²) in [5.74, 6) is -0.284. The number of para-hydroxylation sites is 2. The van der Waals surface area contributed by atoms with Crippen molar-refractivity contribution in [3.05, 3.63) is 39.3 Å². The van der Waals surface area contributed by atoms with Gasteiger partial charge in [-0.25, -0.2) is 4.79 Å². The number of hydrogen-bond acceptors (Lipinski definition) is 6. The van der Waals surface area contributed by atoms with Gasteiger partial charge in [0.25, 0.3) is 0 Å². The Hall–Kier alpha value is -2.22. The monoisotopic (exact) mass is 273 g/mol. The highest BCUT2D eigenvalue weighted by Crippen LogP contribution is 2.26. The molecule has 0 bridgehead atoms. The number of amides is 1. The zero-order chi connectivity index (χ0) is 13.5. The third kappa shape index (κ3) is 3.39. The number of hydrogen-bond donors (Lipinski definition) is 0. The number of nitroso groups, excluding NO2 is 1. The van der Waals surface area contributed by atoms with E-state index in [0.717, 1.165) is 0 Å². The van der Waals surface area contributed by atoms with Crippen molar-refractivity contribution in [1.29, 1.82) is 0 Å². The van der Waals surface area contributed by atoms with Crippen LogP contribution in [0.5, 0.6) is 5.75 Å². The number of nitrogens with zero attached hydrogens (tertiary/aromatic N) is 3. The standard InChI is InChI=1S/C9H8ClN3O5/c10-5-6-12(11-15)9(14)18-8-4-2-1-3-7(8)13(16)17/h1-4H,5-6H2. The minimum absolute atomic E-state index is 0.0161. The van der Waals surface area contributed by atoms with E-state index in [1.165, 1.54) is 24.3 Å². The van der Waals surface area contributed by atoms with Crippen molar-refractivity contribution in [2.75, 3.05) is 12.4 Å². The van der Waals surface area contributed by atoms with Gasteiger partial charge in [0.15, 0.2) is 0 Å². The van der Waals surface area contributed by atoms with Gasteiger partial charge >= 0.3 is 11.8 Å². The molecule has 0 aliphatic rings. The SMILES string of the molecule is O=NN(CCCl)C(=O)Oc1ccccc1[N+](=O)[O-].